The fraction of sp³-hybridized carbons (Fsp3) is 0.438. The highest BCUT2D eigenvalue weighted by atomic mass is 16.1. The Morgan fingerprint density at radius 3 is 2.30 bits per heavy atom. The zero-order valence-electron chi connectivity index (χ0n) is 12.5. The Kier molecular flexibility index (Phi) is 4.66. The van der Waals surface area contributed by atoms with Gasteiger partial charge in [0.1, 0.15) is 0 Å². The van der Waals surface area contributed by atoms with E-state index in [4.69, 9.17) is 0 Å². The van der Waals surface area contributed by atoms with Gasteiger partial charge in [-0.2, -0.15) is 0 Å². The predicted octanol–water partition coefficient (Wildman–Crippen LogP) is 2.39. The first-order chi connectivity index (χ1) is 9.63. The van der Waals surface area contributed by atoms with Gasteiger partial charge in [-0.05, 0) is 38.1 Å². The quantitative estimate of drug-likeness (QED) is 0.744. The SMILES string of the molecule is CCN(CC)c1ccc(C(=O)CN2C=CN(C)C2)cc1. The van der Waals surface area contributed by atoms with Gasteiger partial charge in [-0.15, -0.1) is 0 Å². The van der Waals surface area contributed by atoms with Crippen molar-refractivity contribution in [3.05, 3.63) is 42.2 Å². The monoisotopic (exact) mass is 273 g/mol. The highest BCUT2D eigenvalue weighted by Gasteiger charge is 2.14. The van der Waals surface area contributed by atoms with Crippen molar-refractivity contribution < 1.29 is 4.79 Å². The van der Waals surface area contributed by atoms with E-state index < -0.39 is 0 Å². The normalized spacial score (nSPS) is 13.9. The summed E-state index contributed by atoms with van der Waals surface area (Å²) in [5, 5.41) is 0. The van der Waals surface area contributed by atoms with Crippen molar-refractivity contribution in [3.8, 4) is 0 Å². The van der Waals surface area contributed by atoms with Crippen LogP contribution in [0.1, 0.15) is 24.2 Å². The molecular weight excluding hydrogens is 250 g/mol. The van der Waals surface area contributed by atoms with E-state index in [-0.39, 0.29) is 5.78 Å². The van der Waals surface area contributed by atoms with Crippen molar-refractivity contribution in [1.82, 2.24) is 9.80 Å². The first-order valence-corrected chi connectivity index (χ1v) is 7.14. The molecule has 0 N–H and O–H groups in total. The van der Waals surface area contributed by atoms with Crippen LogP contribution in [0.3, 0.4) is 0 Å². The van der Waals surface area contributed by atoms with Gasteiger partial charge < -0.3 is 14.7 Å². The summed E-state index contributed by atoms with van der Waals surface area (Å²) in [4.78, 5) is 18.6. The summed E-state index contributed by atoms with van der Waals surface area (Å²) in [7, 11) is 2.00. The maximum atomic E-state index is 12.2. The average Bonchev–Trinajstić information content (AvgIpc) is 2.86. The lowest BCUT2D eigenvalue weighted by molar-refractivity contribution is 0.0948. The number of carbonyl (C=O) groups excluding carboxylic acids is 1. The molecule has 1 heterocycles. The van der Waals surface area contributed by atoms with E-state index in [2.05, 4.69) is 23.6 Å². The number of hydrogen-bond donors (Lipinski definition) is 0. The smallest absolute Gasteiger partial charge is 0.182 e. The van der Waals surface area contributed by atoms with Gasteiger partial charge in [0.05, 0.1) is 13.2 Å². The minimum atomic E-state index is 0.163. The number of carbonyl (C=O) groups is 1. The number of ketones is 1. The van der Waals surface area contributed by atoms with Crippen LogP contribution >= 0.6 is 0 Å². The highest BCUT2D eigenvalue weighted by molar-refractivity contribution is 5.98. The summed E-state index contributed by atoms with van der Waals surface area (Å²) in [6.45, 7) is 7.45. The van der Waals surface area contributed by atoms with E-state index in [1.54, 1.807) is 0 Å². The minimum absolute atomic E-state index is 0.163. The van der Waals surface area contributed by atoms with Crippen LogP contribution in [0.15, 0.2) is 36.7 Å². The molecule has 1 aromatic rings. The summed E-state index contributed by atoms with van der Waals surface area (Å²) in [6, 6.07) is 7.93. The number of benzene rings is 1. The lowest BCUT2D eigenvalue weighted by Gasteiger charge is -2.21. The van der Waals surface area contributed by atoms with Crippen molar-refractivity contribution in [3.63, 3.8) is 0 Å². The number of hydrogen-bond acceptors (Lipinski definition) is 4. The number of Topliss-reactive ketones (excluding diaryl/α,β-unsaturated/α-hetero) is 1. The molecule has 1 aromatic carbocycles. The van der Waals surface area contributed by atoms with E-state index in [0.717, 1.165) is 25.3 Å². The number of rotatable bonds is 6. The third kappa shape index (κ3) is 3.32. The topological polar surface area (TPSA) is 26.8 Å². The molecule has 2 rings (SSSR count). The van der Waals surface area contributed by atoms with E-state index in [9.17, 15) is 4.79 Å². The Balaban J connectivity index is 1.99. The van der Waals surface area contributed by atoms with Gasteiger partial charge in [-0.1, -0.05) is 0 Å². The van der Waals surface area contributed by atoms with E-state index in [1.807, 2.05) is 48.6 Å². The molecule has 0 spiro atoms. The molecule has 0 saturated carbocycles. The third-order valence-electron chi connectivity index (χ3n) is 3.60. The molecule has 0 atom stereocenters. The molecule has 0 saturated heterocycles. The lowest BCUT2D eigenvalue weighted by atomic mass is 10.1. The van der Waals surface area contributed by atoms with Crippen LogP contribution < -0.4 is 4.90 Å². The van der Waals surface area contributed by atoms with Gasteiger partial charge in [-0.25, -0.2) is 0 Å². The van der Waals surface area contributed by atoms with Gasteiger partial charge in [0.2, 0.25) is 0 Å². The van der Waals surface area contributed by atoms with Gasteiger partial charge in [0.25, 0.3) is 0 Å². The van der Waals surface area contributed by atoms with Crippen LogP contribution in [-0.4, -0.2) is 48.9 Å². The molecule has 0 fully saturated rings. The Morgan fingerprint density at radius 2 is 1.80 bits per heavy atom. The summed E-state index contributed by atoms with van der Waals surface area (Å²) in [5.41, 5.74) is 1.95. The second-order valence-electron chi connectivity index (χ2n) is 5.09. The highest BCUT2D eigenvalue weighted by Crippen LogP contribution is 2.16. The third-order valence-corrected chi connectivity index (χ3v) is 3.60. The molecule has 4 heteroatoms. The van der Waals surface area contributed by atoms with E-state index in [0.29, 0.717) is 6.54 Å². The van der Waals surface area contributed by atoms with E-state index in [1.165, 1.54) is 5.69 Å². The molecule has 0 radical (unpaired) electrons. The second kappa shape index (κ2) is 6.46. The number of anilines is 1. The van der Waals surface area contributed by atoms with Crippen molar-refractivity contribution in [2.75, 3.05) is 38.3 Å². The molecule has 1 aliphatic heterocycles. The van der Waals surface area contributed by atoms with Crippen LogP contribution in [0.4, 0.5) is 5.69 Å². The molecule has 0 aliphatic carbocycles. The fourth-order valence-electron chi connectivity index (χ4n) is 2.41. The first-order valence-electron chi connectivity index (χ1n) is 7.14. The maximum Gasteiger partial charge on any atom is 0.182 e. The lowest BCUT2D eigenvalue weighted by Crippen LogP contribution is -2.28. The Bertz CT molecular complexity index is 477. The molecule has 108 valence electrons. The Morgan fingerprint density at radius 1 is 1.15 bits per heavy atom. The van der Waals surface area contributed by atoms with Crippen LogP contribution in [-0.2, 0) is 0 Å². The molecule has 0 amide bonds. The maximum absolute atomic E-state index is 12.2. The molecule has 0 unspecified atom stereocenters. The minimum Gasteiger partial charge on any atom is -0.372 e. The Hall–Kier alpha value is -1.97. The largest absolute Gasteiger partial charge is 0.372 e. The zero-order chi connectivity index (χ0) is 14.5. The van der Waals surface area contributed by atoms with E-state index >= 15 is 0 Å². The van der Waals surface area contributed by atoms with Gasteiger partial charge >= 0.3 is 0 Å². The van der Waals surface area contributed by atoms with Crippen molar-refractivity contribution in [2.45, 2.75) is 13.8 Å². The number of nitrogens with zero attached hydrogens (tertiary/aromatic N) is 3. The Labute approximate surface area is 121 Å². The molecule has 1 aliphatic rings. The first kappa shape index (κ1) is 14.4. The van der Waals surface area contributed by atoms with Gasteiger partial charge in [0.15, 0.2) is 5.78 Å². The molecule has 0 aromatic heterocycles. The van der Waals surface area contributed by atoms with Gasteiger partial charge in [-0.3, -0.25) is 4.79 Å². The average molecular weight is 273 g/mol. The summed E-state index contributed by atoms with van der Waals surface area (Å²) >= 11 is 0. The summed E-state index contributed by atoms with van der Waals surface area (Å²) in [5.74, 6) is 0.163. The fourth-order valence-corrected chi connectivity index (χ4v) is 2.41. The predicted molar refractivity (Wildman–Crippen MR) is 82.8 cm³/mol. The van der Waals surface area contributed by atoms with Crippen molar-refractivity contribution in [2.24, 2.45) is 0 Å². The van der Waals surface area contributed by atoms with Crippen molar-refractivity contribution >= 4 is 11.5 Å². The molecular formula is C16H23N3O. The molecule has 20 heavy (non-hydrogen) atoms. The molecule has 0 bridgehead atoms. The standard InChI is InChI=1S/C16H23N3O/c1-4-19(5-2)15-8-6-14(7-9-15)16(20)12-18-11-10-17(3)13-18/h6-11H,4-5,12-13H2,1-3H3. The van der Waals surface area contributed by atoms with Crippen LogP contribution in [0.25, 0.3) is 0 Å². The zero-order valence-corrected chi connectivity index (χ0v) is 12.5. The van der Waals surface area contributed by atoms with Gasteiger partial charge in [0, 0.05) is 43.8 Å². The summed E-state index contributed by atoms with van der Waals surface area (Å²) < 4.78 is 0. The molecule has 4 nitrogen and oxygen atoms in total. The van der Waals surface area contributed by atoms with Crippen LogP contribution in [0.5, 0.6) is 0 Å². The summed E-state index contributed by atoms with van der Waals surface area (Å²) in [6.07, 6.45) is 3.94. The van der Waals surface area contributed by atoms with Crippen LogP contribution in [0, 0.1) is 0 Å². The van der Waals surface area contributed by atoms with Crippen LogP contribution in [0.2, 0.25) is 0 Å². The van der Waals surface area contributed by atoms with Crippen molar-refractivity contribution in [1.29, 1.82) is 0 Å². The second-order valence-corrected chi connectivity index (χ2v) is 5.09.